The molecule has 1 aromatic heterocycles. The van der Waals surface area contributed by atoms with Crippen LogP contribution in [0, 0.1) is 22.2 Å². The van der Waals surface area contributed by atoms with Crippen LogP contribution in [0.2, 0.25) is 0 Å². The van der Waals surface area contributed by atoms with Crippen LogP contribution in [-0.4, -0.2) is 30.4 Å². The molecule has 0 saturated carbocycles. The van der Waals surface area contributed by atoms with E-state index in [0.29, 0.717) is 29.0 Å². The Morgan fingerprint density at radius 2 is 2.15 bits per heavy atom. The van der Waals surface area contributed by atoms with E-state index in [4.69, 9.17) is 21.1 Å². The van der Waals surface area contributed by atoms with Crippen molar-refractivity contribution in [1.29, 1.82) is 10.7 Å². The van der Waals surface area contributed by atoms with E-state index in [9.17, 15) is 0 Å². The van der Waals surface area contributed by atoms with Crippen molar-refractivity contribution in [3.05, 3.63) is 53.2 Å². The molecule has 0 bridgehead atoms. The first-order chi connectivity index (χ1) is 12.5. The van der Waals surface area contributed by atoms with Crippen LogP contribution in [0.1, 0.15) is 36.5 Å². The van der Waals surface area contributed by atoms with Crippen LogP contribution >= 0.6 is 0 Å². The van der Waals surface area contributed by atoms with Crippen molar-refractivity contribution < 1.29 is 4.74 Å². The van der Waals surface area contributed by atoms with Crippen LogP contribution in [0.4, 0.5) is 5.82 Å². The molecule has 1 saturated heterocycles. The topological polar surface area (TPSA) is 108 Å². The summed E-state index contributed by atoms with van der Waals surface area (Å²) in [4.78, 5) is 4.12. The Labute approximate surface area is 153 Å². The maximum Gasteiger partial charge on any atom is 0.136 e. The van der Waals surface area contributed by atoms with Crippen molar-refractivity contribution in [3.63, 3.8) is 0 Å². The summed E-state index contributed by atoms with van der Waals surface area (Å²) < 4.78 is 6.11. The second kappa shape index (κ2) is 7.54. The van der Waals surface area contributed by atoms with Crippen LogP contribution in [0.3, 0.4) is 0 Å². The van der Waals surface area contributed by atoms with Gasteiger partial charge in [-0.2, -0.15) is 5.26 Å². The fraction of sp³-hybridized carbons (Fsp3) is 0.350. The largest absolute Gasteiger partial charge is 0.492 e. The summed E-state index contributed by atoms with van der Waals surface area (Å²) in [6.45, 7) is 4.76. The number of hydrogen-bond acceptors (Lipinski definition) is 6. The van der Waals surface area contributed by atoms with Gasteiger partial charge < -0.3 is 15.8 Å². The molecule has 0 unspecified atom stereocenters. The molecule has 134 valence electrons. The van der Waals surface area contributed by atoms with Gasteiger partial charge in [-0.1, -0.05) is 19.1 Å². The van der Waals surface area contributed by atoms with Gasteiger partial charge in [0.25, 0.3) is 0 Å². The maximum atomic E-state index is 9.09. The number of nitrogens with zero attached hydrogens (tertiary/aromatic N) is 2. The lowest BCUT2D eigenvalue weighted by molar-refractivity contribution is 0.123. The van der Waals surface area contributed by atoms with Gasteiger partial charge in [0.1, 0.15) is 11.6 Å². The molecule has 6 nitrogen and oxygen atoms in total. The monoisotopic (exact) mass is 349 g/mol. The quantitative estimate of drug-likeness (QED) is 0.719. The predicted octanol–water partition coefficient (Wildman–Crippen LogP) is 2.72. The molecule has 1 fully saturated rings. The Morgan fingerprint density at radius 3 is 2.88 bits per heavy atom. The SMILES string of the molecule is CC1(COc2ccnc(N)c2C(=N)c2cccc(C#N)c2)CCNCC1. The third-order valence-electron chi connectivity index (χ3n) is 4.86. The summed E-state index contributed by atoms with van der Waals surface area (Å²) in [6.07, 6.45) is 3.69. The zero-order valence-corrected chi connectivity index (χ0v) is 14.9. The number of ether oxygens (including phenoxy) is 1. The van der Waals surface area contributed by atoms with Crippen molar-refractivity contribution in [2.45, 2.75) is 19.8 Å². The molecule has 1 aliphatic rings. The van der Waals surface area contributed by atoms with Gasteiger partial charge in [-0.05, 0) is 44.1 Å². The first-order valence-electron chi connectivity index (χ1n) is 8.70. The van der Waals surface area contributed by atoms with Gasteiger partial charge in [-0.15, -0.1) is 0 Å². The van der Waals surface area contributed by atoms with Crippen LogP contribution in [0.15, 0.2) is 36.5 Å². The number of nitrogens with two attached hydrogens (primary N) is 1. The normalized spacial score (nSPS) is 15.8. The number of anilines is 1. The first kappa shape index (κ1) is 17.9. The van der Waals surface area contributed by atoms with Gasteiger partial charge in [0.2, 0.25) is 0 Å². The van der Waals surface area contributed by atoms with E-state index in [0.717, 1.165) is 25.9 Å². The predicted molar refractivity (Wildman–Crippen MR) is 101 cm³/mol. The number of benzene rings is 1. The zero-order valence-electron chi connectivity index (χ0n) is 14.9. The molecule has 3 rings (SSSR count). The average molecular weight is 349 g/mol. The van der Waals surface area contributed by atoms with Crippen LogP contribution in [-0.2, 0) is 0 Å². The van der Waals surface area contributed by atoms with Gasteiger partial charge >= 0.3 is 0 Å². The minimum Gasteiger partial charge on any atom is -0.492 e. The minimum atomic E-state index is 0.101. The van der Waals surface area contributed by atoms with Crippen LogP contribution in [0.5, 0.6) is 5.75 Å². The van der Waals surface area contributed by atoms with Gasteiger partial charge in [0.05, 0.1) is 29.5 Å². The molecule has 0 spiro atoms. The average Bonchev–Trinajstić information content (AvgIpc) is 2.66. The summed E-state index contributed by atoms with van der Waals surface area (Å²) in [7, 11) is 0. The first-order valence-corrected chi connectivity index (χ1v) is 8.70. The second-order valence-corrected chi connectivity index (χ2v) is 6.99. The Kier molecular flexibility index (Phi) is 5.19. The van der Waals surface area contributed by atoms with Crippen LogP contribution < -0.4 is 15.8 Å². The van der Waals surface area contributed by atoms with Crippen molar-refractivity contribution in [2.24, 2.45) is 5.41 Å². The molecular weight excluding hydrogens is 326 g/mol. The molecule has 2 aromatic rings. The molecule has 0 amide bonds. The number of hydrogen-bond donors (Lipinski definition) is 3. The van der Waals surface area contributed by atoms with Crippen molar-refractivity contribution in [1.82, 2.24) is 10.3 Å². The van der Waals surface area contributed by atoms with Gasteiger partial charge in [0, 0.05) is 17.2 Å². The Balaban J connectivity index is 1.87. The van der Waals surface area contributed by atoms with Crippen molar-refractivity contribution >= 4 is 11.5 Å². The van der Waals surface area contributed by atoms with Gasteiger partial charge in [0.15, 0.2) is 0 Å². The van der Waals surface area contributed by atoms with E-state index < -0.39 is 0 Å². The molecule has 0 radical (unpaired) electrons. The third kappa shape index (κ3) is 3.84. The van der Waals surface area contributed by atoms with E-state index in [1.165, 1.54) is 0 Å². The van der Waals surface area contributed by atoms with Crippen molar-refractivity contribution in [2.75, 3.05) is 25.4 Å². The standard InChI is InChI=1S/C20H23N5O/c1-20(6-9-24-10-7-20)13-26-16-5-8-25-19(23)17(16)18(22)15-4-2-3-14(11-15)12-21/h2-5,8,11,22,24H,6-7,9-10,13H2,1H3,(H2,23,25). The third-order valence-corrected chi connectivity index (χ3v) is 4.86. The number of aromatic nitrogens is 1. The van der Waals surface area contributed by atoms with Crippen molar-refractivity contribution in [3.8, 4) is 11.8 Å². The summed E-state index contributed by atoms with van der Waals surface area (Å²) in [5.74, 6) is 0.815. The smallest absolute Gasteiger partial charge is 0.136 e. The molecule has 26 heavy (non-hydrogen) atoms. The summed E-state index contributed by atoms with van der Waals surface area (Å²) in [5, 5.41) is 21.0. The number of nitriles is 1. The molecule has 2 heterocycles. The Hall–Kier alpha value is -2.91. The van der Waals surface area contributed by atoms with Gasteiger partial charge in [-0.3, -0.25) is 5.41 Å². The van der Waals surface area contributed by atoms with E-state index >= 15 is 0 Å². The molecular formula is C20H23N5O. The fourth-order valence-corrected chi connectivity index (χ4v) is 3.15. The molecule has 0 atom stereocenters. The lowest BCUT2D eigenvalue weighted by atomic mass is 9.82. The molecule has 4 N–H and O–H groups in total. The number of piperidine rings is 1. The minimum absolute atomic E-state index is 0.101. The highest BCUT2D eigenvalue weighted by Crippen LogP contribution is 2.31. The van der Waals surface area contributed by atoms with Gasteiger partial charge in [-0.25, -0.2) is 4.98 Å². The summed E-state index contributed by atoms with van der Waals surface area (Å²) >= 11 is 0. The lowest BCUT2D eigenvalue weighted by Crippen LogP contribution is -2.38. The molecule has 6 heteroatoms. The molecule has 1 aromatic carbocycles. The molecule has 0 aliphatic carbocycles. The highest BCUT2D eigenvalue weighted by atomic mass is 16.5. The number of pyridine rings is 1. The van der Waals surface area contributed by atoms with E-state index in [2.05, 4.69) is 23.3 Å². The maximum absolute atomic E-state index is 9.09. The Morgan fingerprint density at radius 1 is 1.38 bits per heavy atom. The van der Waals surface area contributed by atoms with Crippen LogP contribution in [0.25, 0.3) is 0 Å². The summed E-state index contributed by atoms with van der Waals surface area (Å²) in [6, 6.07) is 10.8. The molecule has 1 aliphatic heterocycles. The lowest BCUT2D eigenvalue weighted by Gasteiger charge is -2.34. The number of nitrogens with one attached hydrogen (secondary N) is 2. The number of rotatable bonds is 5. The van der Waals surface area contributed by atoms with E-state index in [-0.39, 0.29) is 16.9 Å². The highest BCUT2D eigenvalue weighted by Gasteiger charge is 2.28. The summed E-state index contributed by atoms with van der Waals surface area (Å²) in [5.41, 5.74) is 7.96. The van der Waals surface area contributed by atoms with E-state index in [1.807, 2.05) is 0 Å². The Bertz CT molecular complexity index is 850. The number of nitrogen functional groups attached to an aromatic ring is 1. The second-order valence-electron chi connectivity index (χ2n) is 6.99. The zero-order chi connectivity index (χ0) is 18.6. The highest BCUT2D eigenvalue weighted by molar-refractivity contribution is 6.15. The van der Waals surface area contributed by atoms with E-state index in [1.54, 1.807) is 36.5 Å². The fourth-order valence-electron chi connectivity index (χ4n) is 3.15.